The molecular formula is C29H24FN3O5. The third kappa shape index (κ3) is 5.41. The van der Waals surface area contributed by atoms with Crippen molar-refractivity contribution in [3.05, 3.63) is 119 Å². The molecule has 5 rings (SSSR count). The number of hydrogen-bond acceptors (Lipinski definition) is 5. The van der Waals surface area contributed by atoms with Gasteiger partial charge in [0.15, 0.2) is 17.9 Å². The van der Waals surface area contributed by atoms with Gasteiger partial charge in [0.05, 0.1) is 12.8 Å². The van der Waals surface area contributed by atoms with Crippen molar-refractivity contribution in [2.24, 2.45) is 0 Å². The second-order valence-electron chi connectivity index (χ2n) is 8.92. The van der Waals surface area contributed by atoms with Crippen LogP contribution in [-0.2, 0) is 16.1 Å². The van der Waals surface area contributed by atoms with Crippen molar-refractivity contribution in [3.8, 4) is 0 Å². The Kier molecular flexibility index (Phi) is 6.90. The monoisotopic (exact) mass is 513 g/mol. The Balaban J connectivity index is 1.40. The lowest BCUT2D eigenvalue weighted by Crippen LogP contribution is -2.43. The minimum atomic E-state index is -1.03. The largest absolute Gasteiger partial charge is 0.459 e. The fourth-order valence-electron chi connectivity index (χ4n) is 4.24. The standard InChI is InChI=1S/C29H24FN3O5/c1-18-7-9-19(10-8-18)17-33-25(28(35)32-23-5-2-4-21(30)16-23)26(38-29(33)36)20-11-13-22(14-12-20)31-27(34)24-6-3-15-37-24/h2-16,25-26H,17H2,1H3,(H,31,34)(H,32,35). The highest BCUT2D eigenvalue weighted by molar-refractivity contribution is 6.02. The number of carbonyl (C=O) groups excluding carboxylic acids is 3. The first-order chi connectivity index (χ1) is 18.4. The van der Waals surface area contributed by atoms with Crippen molar-refractivity contribution >= 4 is 29.3 Å². The molecule has 8 nitrogen and oxygen atoms in total. The number of carbonyl (C=O) groups is 3. The van der Waals surface area contributed by atoms with Crippen molar-refractivity contribution in [1.82, 2.24) is 4.90 Å². The quantitative estimate of drug-likeness (QED) is 0.331. The van der Waals surface area contributed by atoms with Crippen LogP contribution in [0.25, 0.3) is 0 Å². The Bertz CT molecular complexity index is 1450. The number of anilines is 2. The van der Waals surface area contributed by atoms with E-state index < -0.39 is 35.9 Å². The van der Waals surface area contributed by atoms with Gasteiger partial charge in [-0.2, -0.15) is 0 Å². The molecule has 3 amide bonds. The van der Waals surface area contributed by atoms with Crippen LogP contribution >= 0.6 is 0 Å². The number of amides is 3. The molecular weight excluding hydrogens is 489 g/mol. The molecule has 1 aliphatic heterocycles. The van der Waals surface area contributed by atoms with E-state index in [1.807, 2.05) is 31.2 Å². The van der Waals surface area contributed by atoms with E-state index in [4.69, 9.17) is 9.15 Å². The van der Waals surface area contributed by atoms with Crippen LogP contribution in [0.15, 0.2) is 95.6 Å². The van der Waals surface area contributed by atoms with Crippen LogP contribution in [0.3, 0.4) is 0 Å². The summed E-state index contributed by atoms with van der Waals surface area (Å²) < 4.78 is 24.5. The van der Waals surface area contributed by atoms with Crippen LogP contribution in [0.5, 0.6) is 0 Å². The smallest absolute Gasteiger partial charge is 0.411 e. The number of benzene rings is 3. The minimum Gasteiger partial charge on any atom is -0.459 e. The first-order valence-corrected chi connectivity index (χ1v) is 11.9. The van der Waals surface area contributed by atoms with Gasteiger partial charge >= 0.3 is 6.09 Å². The van der Waals surface area contributed by atoms with Gasteiger partial charge in [0.1, 0.15) is 5.82 Å². The normalized spacial score (nSPS) is 16.7. The number of nitrogens with one attached hydrogen (secondary N) is 2. The van der Waals surface area contributed by atoms with Crippen LogP contribution in [0.4, 0.5) is 20.6 Å². The molecule has 1 saturated heterocycles. The minimum absolute atomic E-state index is 0.147. The summed E-state index contributed by atoms with van der Waals surface area (Å²) >= 11 is 0. The Labute approximate surface area is 218 Å². The van der Waals surface area contributed by atoms with Crippen LogP contribution in [0.1, 0.15) is 33.3 Å². The second-order valence-corrected chi connectivity index (χ2v) is 8.92. The number of aryl methyl sites for hydroxylation is 1. The maximum absolute atomic E-state index is 13.7. The maximum Gasteiger partial charge on any atom is 0.411 e. The number of nitrogens with zero attached hydrogens (tertiary/aromatic N) is 1. The van der Waals surface area contributed by atoms with Crippen molar-refractivity contribution < 1.29 is 27.9 Å². The van der Waals surface area contributed by atoms with Crippen LogP contribution < -0.4 is 10.6 Å². The molecule has 9 heteroatoms. The van der Waals surface area contributed by atoms with Crippen molar-refractivity contribution in [3.63, 3.8) is 0 Å². The number of cyclic esters (lactones) is 1. The van der Waals surface area contributed by atoms with Crippen molar-refractivity contribution in [2.45, 2.75) is 25.6 Å². The molecule has 0 aliphatic carbocycles. The third-order valence-corrected chi connectivity index (χ3v) is 6.16. The van der Waals surface area contributed by atoms with E-state index in [1.54, 1.807) is 42.5 Å². The molecule has 2 unspecified atom stereocenters. The molecule has 2 heterocycles. The zero-order valence-electron chi connectivity index (χ0n) is 20.4. The predicted octanol–water partition coefficient (Wildman–Crippen LogP) is 5.68. The van der Waals surface area contributed by atoms with Gasteiger partial charge in [-0.05, 0) is 60.5 Å². The molecule has 38 heavy (non-hydrogen) atoms. The summed E-state index contributed by atoms with van der Waals surface area (Å²) in [5.74, 6) is -1.26. The molecule has 3 aromatic carbocycles. The van der Waals surface area contributed by atoms with E-state index in [0.717, 1.165) is 11.1 Å². The molecule has 0 saturated carbocycles. The van der Waals surface area contributed by atoms with Gasteiger partial charge in [-0.25, -0.2) is 9.18 Å². The van der Waals surface area contributed by atoms with Gasteiger partial charge in [0.25, 0.3) is 11.8 Å². The zero-order chi connectivity index (χ0) is 26.6. The van der Waals surface area contributed by atoms with Gasteiger partial charge in [-0.3, -0.25) is 14.5 Å². The highest BCUT2D eigenvalue weighted by Crippen LogP contribution is 2.35. The first-order valence-electron chi connectivity index (χ1n) is 11.9. The van der Waals surface area contributed by atoms with Gasteiger partial charge < -0.3 is 19.8 Å². The van der Waals surface area contributed by atoms with E-state index >= 15 is 0 Å². The lowest BCUT2D eigenvalue weighted by molar-refractivity contribution is -0.121. The van der Waals surface area contributed by atoms with E-state index in [1.165, 1.54) is 29.4 Å². The molecule has 0 spiro atoms. The van der Waals surface area contributed by atoms with Gasteiger partial charge in [-0.1, -0.05) is 48.0 Å². The Hall–Kier alpha value is -4.92. The number of hydrogen-bond donors (Lipinski definition) is 2. The van der Waals surface area contributed by atoms with Gasteiger partial charge in [-0.15, -0.1) is 0 Å². The van der Waals surface area contributed by atoms with E-state index in [0.29, 0.717) is 11.3 Å². The lowest BCUT2D eigenvalue weighted by atomic mass is 10.00. The Morgan fingerprint density at radius 2 is 1.68 bits per heavy atom. The topological polar surface area (TPSA) is 101 Å². The van der Waals surface area contributed by atoms with Gasteiger partial charge in [0.2, 0.25) is 0 Å². The van der Waals surface area contributed by atoms with Crippen LogP contribution in [0.2, 0.25) is 0 Å². The SMILES string of the molecule is Cc1ccc(CN2C(=O)OC(c3ccc(NC(=O)c4ccco4)cc3)C2C(=O)Nc2cccc(F)c2)cc1. The number of ether oxygens (including phenoxy) is 1. The van der Waals surface area contributed by atoms with E-state index in [9.17, 15) is 18.8 Å². The van der Waals surface area contributed by atoms with Crippen LogP contribution in [0, 0.1) is 12.7 Å². The Morgan fingerprint density at radius 3 is 2.37 bits per heavy atom. The van der Waals surface area contributed by atoms with E-state index in [2.05, 4.69) is 10.6 Å². The molecule has 2 atom stereocenters. The molecule has 1 aliphatic rings. The summed E-state index contributed by atoms with van der Waals surface area (Å²) in [6.07, 6.45) is -0.175. The first kappa shape index (κ1) is 24.8. The molecule has 1 aromatic heterocycles. The summed E-state index contributed by atoms with van der Waals surface area (Å²) in [7, 11) is 0. The van der Waals surface area contributed by atoms with Crippen molar-refractivity contribution in [1.29, 1.82) is 0 Å². The molecule has 192 valence electrons. The fraction of sp³-hybridized carbons (Fsp3) is 0.138. The average Bonchev–Trinajstić information content (AvgIpc) is 3.55. The summed E-state index contributed by atoms with van der Waals surface area (Å²) in [6, 6.07) is 21.9. The molecule has 1 fully saturated rings. The third-order valence-electron chi connectivity index (χ3n) is 6.16. The summed E-state index contributed by atoms with van der Waals surface area (Å²) in [5.41, 5.74) is 3.21. The number of rotatable bonds is 7. The number of furan rings is 1. The molecule has 4 aromatic rings. The number of halogens is 1. The maximum atomic E-state index is 13.7. The van der Waals surface area contributed by atoms with Crippen molar-refractivity contribution in [2.75, 3.05) is 10.6 Å². The highest BCUT2D eigenvalue weighted by atomic mass is 19.1. The Morgan fingerprint density at radius 1 is 0.921 bits per heavy atom. The summed E-state index contributed by atoms with van der Waals surface area (Å²) in [6.45, 7) is 2.11. The molecule has 0 bridgehead atoms. The fourth-order valence-corrected chi connectivity index (χ4v) is 4.24. The second kappa shape index (κ2) is 10.6. The lowest BCUT2D eigenvalue weighted by Gasteiger charge is -2.24. The predicted molar refractivity (Wildman–Crippen MR) is 138 cm³/mol. The van der Waals surface area contributed by atoms with E-state index in [-0.39, 0.29) is 18.0 Å². The van der Waals surface area contributed by atoms with Crippen LogP contribution in [-0.4, -0.2) is 28.8 Å². The molecule has 2 N–H and O–H groups in total. The average molecular weight is 514 g/mol. The zero-order valence-corrected chi connectivity index (χ0v) is 20.4. The summed E-state index contributed by atoms with van der Waals surface area (Å²) in [4.78, 5) is 40.1. The summed E-state index contributed by atoms with van der Waals surface area (Å²) in [5, 5.41) is 5.43. The highest BCUT2D eigenvalue weighted by Gasteiger charge is 2.47. The van der Waals surface area contributed by atoms with Gasteiger partial charge in [0, 0.05) is 11.4 Å². The molecule has 0 radical (unpaired) electrons.